The zero-order chi connectivity index (χ0) is 12.3. The van der Waals surface area contributed by atoms with Crippen LogP contribution in [0.2, 0.25) is 5.02 Å². The van der Waals surface area contributed by atoms with E-state index >= 15 is 0 Å². The highest BCUT2D eigenvalue weighted by atomic mass is 35.5. The van der Waals surface area contributed by atoms with Gasteiger partial charge in [-0.05, 0) is 0 Å². The monoisotopic (exact) mass is 245 g/mol. The first-order valence-corrected chi connectivity index (χ1v) is 4.58. The molecule has 1 rings (SSSR count). The van der Waals surface area contributed by atoms with E-state index in [1.807, 2.05) is 0 Å². The molecule has 0 spiro atoms. The molecule has 0 amide bonds. The second kappa shape index (κ2) is 4.80. The van der Waals surface area contributed by atoms with E-state index < -0.39 is 22.3 Å². The number of halogens is 1. The Balaban J connectivity index is 3.05. The second-order valence-electron chi connectivity index (χ2n) is 2.97. The van der Waals surface area contributed by atoms with E-state index in [1.165, 1.54) is 6.92 Å². The number of phenols is 1. The summed E-state index contributed by atoms with van der Waals surface area (Å²) in [5.41, 5.74) is -0.215. The zero-order valence-electron chi connectivity index (χ0n) is 8.27. The molecule has 0 atom stereocenters. The molecule has 7 heteroatoms. The number of benzene rings is 1. The van der Waals surface area contributed by atoms with Gasteiger partial charge >= 0.3 is 11.7 Å². The molecular weight excluding hydrogens is 238 g/mol. The van der Waals surface area contributed by atoms with Gasteiger partial charge < -0.3 is 9.84 Å². The molecule has 0 radical (unpaired) electrons. The maximum absolute atomic E-state index is 10.6. The number of nitrogens with zero attached hydrogens (tertiary/aromatic N) is 1. The minimum atomic E-state index is -0.747. The van der Waals surface area contributed by atoms with Gasteiger partial charge in [-0.1, -0.05) is 11.6 Å². The van der Waals surface area contributed by atoms with E-state index in [4.69, 9.17) is 11.6 Å². The maximum atomic E-state index is 10.6. The first kappa shape index (κ1) is 12.3. The predicted molar refractivity (Wildman–Crippen MR) is 55.2 cm³/mol. The van der Waals surface area contributed by atoms with Gasteiger partial charge in [0.2, 0.25) is 0 Å². The van der Waals surface area contributed by atoms with Crippen LogP contribution >= 0.6 is 11.6 Å². The molecule has 1 N–H and O–H groups in total. The van der Waals surface area contributed by atoms with Crippen LogP contribution in [0.3, 0.4) is 0 Å². The Bertz CT molecular complexity index is 446. The average molecular weight is 246 g/mol. The molecular formula is C9H8ClNO5. The summed E-state index contributed by atoms with van der Waals surface area (Å²) < 4.78 is 4.66. The van der Waals surface area contributed by atoms with Gasteiger partial charge in [0.05, 0.1) is 9.95 Å². The Hall–Kier alpha value is -1.82. The highest BCUT2D eigenvalue weighted by Gasteiger charge is 2.17. The van der Waals surface area contributed by atoms with Crippen molar-refractivity contribution in [1.29, 1.82) is 0 Å². The Labute approximate surface area is 95.6 Å². The summed E-state index contributed by atoms with van der Waals surface area (Å²) in [6.45, 7) is 1.04. The Morgan fingerprint density at radius 1 is 1.62 bits per heavy atom. The predicted octanol–water partition coefficient (Wildman–Crippen LogP) is 2.02. The van der Waals surface area contributed by atoms with Gasteiger partial charge in [-0.25, -0.2) is 0 Å². The zero-order valence-corrected chi connectivity index (χ0v) is 9.02. The molecule has 0 saturated heterocycles. The minimum Gasteiger partial charge on any atom is -0.502 e. The molecule has 1 aromatic carbocycles. The van der Waals surface area contributed by atoms with Crippen LogP contribution < -0.4 is 0 Å². The fourth-order valence-corrected chi connectivity index (χ4v) is 1.24. The summed E-state index contributed by atoms with van der Waals surface area (Å²) in [6, 6.07) is 2.11. The Kier molecular flexibility index (Phi) is 3.68. The van der Waals surface area contributed by atoms with Crippen molar-refractivity contribution in [3.63, 3.8) is 0 Å². The summed E-state index contributed by atoms with van der Waals surface area (Å²) in [7, 11) is 0. The third-order valence-electron chi connectivity index (χ3n) is 1.77. The van der Waals surface area contributed by atoms with Crippen LogP contribution in [0.25, 0.3) is 0 Å². The van der Waals surface area contributed by atoms with Gasteiger partial charge in [0.1, 0.15) is 6.61 Å². The summed E-state index contributed by atoms with van der Waals surface area (Å²) in [4.78, 5) is 20.3. The maximum Gasteiger partial charge on any atom is 0.311 e. The molecule has 0 unspecified atom stereocenters. The van der Waals surface area contributed by atoms with Crippen molar-refractivity contribution in [2.45, 2.75) is 13.5 Å². The molecule has 0 heterocycles. The van der Waals surface area contributed by atoms with Crippen LogP contribution in [0.5, 0.6) is 5.75 Å². The third kappa shape index (κ3) is 2.83. The van der Waals surface area contributed by atoms with Crippen molar-refractivity contribution < 1.29 is 19.6 Å². The number of nitro benzene ring substituents is 1. The van der Waals surface area contributed by atoms with Crippen molar-refractivity contribution >= 4 is 23.3 Å². The highest BCUT2D eigenvalue weighted by molar-refractivity contribution is 6.31. The number of rotatable bonds is 3. The molecule has 0 saturated carbocycles. The highest BCUT2D eigenvalue weighted by Crippen LogP contribution is 2.32. The number of carbonyl (C=O) groups is 1. The van der Waals surface area contributed by atoms with Crippen molar-refractivity contribution in [3.8, 4) is 5.75 Å². The molecule has 1 aromatic rings. The molecule has 16 heavy (non-hydrogen) atoms. The summed E-state index contributed by atoms with van der Waals surface area (Å²) in [5.74, 6) is -1.05. The lowest BCUT2D eigenvalue weighted by Gasteiger charge is -2.05. The van der Waals surface area contributed by atoms with Gasteiger partial charge in [-0.15, -0.1) is 0 Å². The number of hydrogen-bond acceptors (Lipinski definition) is 5. The molecule has 0 aliphatic carbocycles. The summed E-state index contributed by atoms with van der Waals surface area (Å²) in [6.07, 6.45) is 0. The van der Waals surface area contributed by atoms with Crippen LogP contribution in [-0.2, 0) is 16.1 Å². The SMILES string of the molecule is CC(=O)OCc1cc([N+](=O)[O-])c(O)cc1Cl. The second-order valence-corrected chi connectivity index (χ2v) is 3.38. The van der Waals surface area contributed by atoms with Crippen LogP contribution in [-0.4, -0.2) is 16.0 Å². The number of hydrogen-bond donors (Lipinski definition) is 1. The van der Waals surface area contributed by atoms with Crippen LogP contribution in [0, 0.1) is 10.1 Å². The van der Waals surface area contributed by atoms with E-state index in [-0.39, 0.29) is 17.2 Å². The van der Waals surface area contributed by atoms with Gasteiger partial charge in [0.15, 0.2) is 5.75 Å². The van der Waals surface area contributed by atoms with Gasteiger partial charge in [0.25, 0.3) is 0 Å². The lowest BCUT2D eigenvalue weighted by atomic mass is 10.2. The quantitative estimate of drug-likeness (QED) is 0.500. The Morgan fingerprint density at radius 3 is 2.75 bits per heavy atom. The van der Waals surface area contributed by atoms with Crippen molar-refractivity contribution in [2.75, 3.05) is 0 Å². The van der Waals surface area contributed by atoms with Gasteiger partial charge in [-0.2, -0.15) is 0 Å². The van der Waals surface area contributed by atoms with E-state index in [2.05, 4.69) is 4.74 Å². The fraction of sp³-hybridized carbons (Fsp3) is 0.222. The van der Waals surface area contributed by atoms with Crippen molar-refractivity contribution in [2.24, 2.45) is 0 Å². The number of carbonyl (C=O) groups excluding carboxylic acids is 1. The van der Waals surface area contributed by atoms with Gasteiger partial charge in [-0.3, -0.25) is 14.9 Å². The van der Waals surface area contributed by atoms with Gasteiger partial charge in [0, 0.05) is 24.6 Å². The summed E-state index contributed by atoms with van der Waals surface area (Å²) >= 11 is 5.72. The number of aromatic hydroxyl groups is 1. The lowest BCUT2D eigenvalue weighted by molar-refractivity contribution is -0.385. The molecule has 0 bridgehead atoms. The lowest BCUT2D eigenvalue weighted by Crippen LogP contribution is -2.00. The number of nitro groups is 1. The Morgan fingerprint density at radius 2 is 2.25 bits per heavy atom. The van der Waals surface area contributed by atoms with E-state index in [9.17, 15) is 20.0 Å². The molecule has 86 valence electrons. The number of ether oxygens (including phenoxy) is 1. The first-order valence-electron chi connectivity index (χ1n) is 4.21. The first-order chi connectivity index (χ1) is 7.41. The average Bonchev–Trinajstić information content (AvgIpc) is 2.15. The summed E-state index contributed by atoms with van der Waals surface area (Å²) in [5, 5.41) is 19.8. The normalized spacial score (nSPS) is 9.88. The van der Waals surface area contributed by atoms with Crippen molar-refractivity contribution in [1.82, 2.24) is 0 Å². The van der Waals surface area contributed by atoms with Crippen LogP contribution in [0.1, 0.15) is 12.5 Å². The number of phenolic OH excluding ortho intramolecular Hbond substituents is 1. The van der Waals surface area contributed by atoms with E-state index in [0.29, 0.717) is 0 Å². The standard InChI is InChI=1S/C9H8ClNO5/c1-5(12)16-4-6-2-8(11(14)15)9(13)3-7(6)10/h2-3,13H,4H2,1H3. The van der Waals surface area contributed by atoms with Crippen molar-refractivity contribution in [3.05, 3.63) is 32.8 Å². The number of esters is 1. The van der Waals surface area contributed by atoms with E-state index in [0.717, 1.165) is 12.1 Å². The largest absolute Gasteiger partial charge is 0.502 e. The van der Waals surface area contributed by atoms with Crippen LogP contribution in [0.15, 0.2) is 12.1 Å². The molecule has 0 aliphatic heterocycles. The molecule has 0 aliphatic rings. The molecule has 0 fully saturated rings. The molecule has 0 aromatic heterocycles. The minimum absolute atomic E-state index is 0.101. The topological polar surface area (TPSA) is 89.7 Å². The van der Waals surface area contributed by atoms with E-state index in [1.54, 1.807) is 0 Å². The smallest absolute Gasteiger partial charge is 0.311 e. The fourth-order valence-electron chi connectivity index (χ4n) is 1.03. The van der Waals surface area contributed by atoms with Crippen LogP contribution in [0.4, 0.5) is 5.69 Å². The third-order valence-corrected chi connectivity index (χ3v) is 2.12. The molecule has 6 nitrogen and oxygen atoms in total.